The third kappa shape index (κ3) is 3.47. The van der Waals surface area contributed by atoms with Crippen LogP contribution in [-0.2, 0) is 13.6 Å². The minimum absolute atomic E-state index is 0.348. The van der Waals surface area contributed by atoms with E-state index in [0.29, 0.717) is 30.0 Å². The lowest BCUT2D eigenvalue weighted by Crippen LogP contribution is -2.33. The van der Waals surface area contributed by atoms with E-state index < -0.39 is 18.2 Å². The molecule has 1 N–H and O–H groups in total. The number of nitrogens with zero attached hydrogens (tertiary/aromatic N) is 7. The van der Waals surface area contributed by atoms with Crippen LogP contribution < -0.4 is 4.74 Å². The lowest BCUT2D eigenvalue weighted by atomic mass is 10.0. The fraction of sp³-hybridized carbons (Fsp3) is 0.348. The first-order valence-corrected chi connectivity index (χ1v) is 10.9. The Morgan fingerprint density at radius 2 is 2.03 bits per heavy atom. The molecule has 4 aromatic rings. The molecule has 0 saturated carbocycles. The van der Waals surface area contributed by atoms with Crippen molar-refractivity contribution in [2.24, 2.45) is 7.05 Å². The first-order valence-electron chi connectivity index (χ1n) is 10.9. The molecule has 1 fully saturated rings. The predicted molar refractivity (Wildman–Crippen MR) is 121 cm³/mol. The number of carbonyl (C=O) groups is 1. The van der Waals surface area contributed by atoms with Gasteiger partial charge in [-0.1, -0.05) is 30.3 Å². The van der Waals surface area contributed by atoms with E-state index in [2.05, 4.69) is 15.1 Å². The Balaban J connectivity index is 1.54. The molecule has 0 spiro atoms. The highest BCUT2D eigenvalue weighted by Crippen LogP contribution is 2.36. The van der Waals surface area contributed by atoms with Crippen LogP contribution in [0.15, 0.2) is 42.9 Å². The first kappa shape index (κ1) is 20.9. The largest absolute Gasteiger partial charge is 0.470 e. The number of fused-ring (bicyclic) bond motifs is 1. The summed E-state index contributed by atoms with van der Waals surface area (Å²) >= 11 is 0. The molecule has 0 radical (unpaired) electrons. The molecule has 4 heterocycles. The number of hydrogen-bond acceptors (Lipinski definition) is 6. The summed E-state index contributed by atoms with van der Waals surface area (Å²) in [5, 5.41) is 14.2. The fourth-order valence-electron chi connectivity index (χ4n) is 4.58. The van der Waals surface area contributed by atoms with Gasteiger partial charge in [-0.2, -0.15) is 10.1 Å². The Hall–Kier alpha value is -3.95. The number of aromatic nitrogens is 6. The van der Waals surface area contributed by atoms with Crippen molar-refractivity contribution in [1.82, 2.24) is 34.2 Å². The van der Waals surface area contributed by atoms with Gasteiger partial charge in [0.05, 0.1) is 17.8 Å². The van der Waals surface area contributed by atoms with Gasteiger partial charge < -0.3 is 14.4 Å². The molecule has 1 saturated heterocycles. The lowest BCUT2D eigenvalue weighted by Gasteiger charge is -2.26. The van der Waals surface area contributed by atoms with Crippen LogP contribution in [0.3, 0.4) is 0 Å². The van der Waals surface area contributed by atoms with Crippen molar-refractivity contribution in [3.8, 4) is 17.3 Å². The van der Waals surface area contributed by atoms with Gasteiger partial charge in [0.25, 0.3) is 0 Å². The topological polar surface area (TPSA) is 111 Å². The quantitative estimate of drug-likeness (QED) is 0.499. The van der Waals surface area contributed by atoms with Crippen LogP contribution in [0.25, 0.3) is 22.6 Å². The standard InChI is InChI=1S/C23H25N7O3/c1-4-30-14(2)16(12-26-30)20-27-18-21(28(20)3)24-13-25-22(18)33-17-10-11-29(23(31)32)19(17)15-8-6-5-7-9-15/h5-9,12-13,17,19H,4,10-11H2,1-3H3,(H,31,32). The van der Waals surface area contributed by atoms with Gasteiger partial charge >= 0.3 is 6.09 Å². The van der Waals surface area contributed by atoms with Crippen molar-refractivity contribution in [3.63, 3.8) is 0 Å². The van der Waals surface area contributed by atoms with Crippen LogP contribution in [0, 0.1) is 6.92 Å². The minimum Gasteiger partial charge on any atom is -0.470 e. The van der Waals surface area contributed by atoms with Gasteiger partial charge in [0.15, 0.2) is 11.2 Å². The molecule has 1 amide bonds. The first-order chi connectivity index (χ1) is 16.0. The Labute approximate surface area is 190 Å². The number of imidazole rings is 1. The van der Waals surface area contributed by atoms with E-state index in [0.717, 1.165) is 29.2 Å². The summed E-state index contributed by atoms with van der Waals surface area (Å²) in [7, 11) is 1.90. The second-order valence-electron chi connectivity index (χ2n) is 8.08. The van der Waals surface area contributed by atoms with Gasteiger partial charge in [0, 0.05) is 32.3 Å². The summed E-state index contributed by atoms with van der Waals surface area (Å²) in [5.41, 5.74) is 4.01. The van der Waals surface area contributed by atoms with Crippen LogP contribution in [0.2, 0.25) is 0 Å². The molecule has 1 aromatic carbocycles. The molecule has 1 aliphatic heterocycles. The van der Waals surface area contributed by atoms with E-state index in [9.17, 15) is 9.90 Å². The highest BCUT2D eigenvalue weighted by atomic mass is 16.5. The lowest BCUT2D eigenvalue weighted by molar-refractivity contribution is 0.110. The Kier molecular flexibility index (Phi) is 5.20. The number of benzene rings is 1. The van der Waals surface area contributed by atoms with E-state index in [1.54, 1.807) is 6.20 Å². The summed E-state index contributed by atoms with van der Waals surface area (Å²) in [6, 6.07) is 9.12. The summed E-state index contributed by atoms with van der Waals surface area (Å²) in [6.45, 7) is 5.21. The summed E-state index contributed by atoms with van der Waals surface area (Å²) in [6.07, 6.45) is 2.45. The highest BCUT2D eigenvalue weighted by molar-refractivity contribution is 5.81. The third-order valence-corrected chi connectivity index (χ3v) is 6.26. The number of likely N-dealkylation sites (tertiary alicyclic amines) is 1. The molecule has 2 atom stereocenters. The van der Waals surface area contributed by atoms with Crippen molar-refractivity contribution in [1.29, 1.82) is 0 Å². The molecule has 33 heavy (non-hydrogen) atoms. The number of hydrogen-bond donors (Lipinski definition) is 1. The molecular formula is C23H25N7O3. The molecule has 3 aromatic heterocycles. The van der Waals surface area contributed by atoms with Gasteiger partial charge in [-0.05, 0) is 19.4 Å². The van der Waals surface area contributed by atoms with Crippen molar-refractivity contribution < 1.29 is 14.6 Å². The Morgan fingerprint density at radius 1 is 1.24 bits per heavy atom. The van der Waals surface area contributed by atoms with Gasteiger partial charge in [-0.25, -0.2) is 14.8 Å². The van der Waals surface area contributed by atoms with Crippen LogP contribution >= 0.6 is 0 Å². The normalized spacial score (nSPS) is 18.2. The molecule has 5 rings (SSSR count). The van der Waals surface area contributed by atoms with Crippen molar-refractivity contribution >= 4 is 17.3 Å². The summed E-state index contributed by atoms with van der Waals surface area (Å²) < 4.78 is 10.2. The zero-order chi connectivity index (χ0) is 23.1. The maximum absolute atomic E-state index is 11.9. The van der Waals surface area contributed by atoms with E-state index in [1.807, 2.05) is 60.5 Å². The number of carboxylic acid groups (broad SMARTS) is 1. The average molecular weight is 447 g/mol. The van der Waals surface area contributed by atoms with E-state index in [1.165, 1.54) is 11.2 Å². The molecule has 10 nitrogen and oxygen atoms in total. The third-order valence-electron chi connectivity index (χ3n) is 6.26. The molecule has 0 bridgehead atoms. The van der Waals surface area contributed by atoms with Crippen LogP contribution in [0.4, 0.5) is 4.79 Å². The summed E-state index contributed by atoms with van der Waals surface area (Å²) in [4.78, 5) is 26.9. The molecule has 0 aliphatic carbocycles. The Morgan fingerprint density at radius 3 is 2.73 bits per heavy atom. The minimum atomic E-state index is -0.966. The van der Waals surface area contributed by atoms with E-state index in [-0.39, 0.29) is 0 Å². The number of rotatable bonds is 5. The fourth-order valence-corrected chi connectivity index (χ4v) is 4.58. The average Bonchev–Trinajstić information content (AvgIpc) is 3.50. The second-order valence-corrected chi connectivity index (χ2v) is 8.08. The molecule has 1 aliphatic rings. The molecule has 10 heteroatoms. The number of amides is 1. The summed E-state index contributed by atoms with van der Waals surface area (Å²) in [5.74, 6) is 1.08. The Bertz CT molecular complexity index is 1310. The second kappa shape index (κ2) is 8.19. The van der Waals surface area contributed by atoms with Crippen LogP contribution in [-0.4, -0.2) is 58.0 Å². The van der Waals surface area contributed by atoms with E-state index in [4.69, 9.17) is 9.72 Å². The zero-order valence-corrected chi connectivity index (χ0v) is 18.7. The van der Waals surface area contributed by atoms with Crippen molar-refractivity contribution in [2.45, 2.75) is 39.0 Å². The van der Waals surface area contributed by atoms with Gasteiger partial charge in [0.1, 0.15) is 18.3 Å². The zero-order valence-electron chi connectivity index (χ0n) is 18.7. The maximum Gasteiger partial charge on any atom is 0.407 e. The monoisotopic (exact) mass is 447 g/mol. The van der Waals surface area contributed by atoms with Crippen LogP contribution in [0.1, 0.15) is 30.6 Å². The van der Waals surface area contributed by atoms with Gasteiger partial charge in [-0.3, -0.25) is 9.58 Å². The predicted octanol–water partition coefficient (Wildman–Crippen LogP) is 3.43. The molecule has 2 unspecified atom stereocenters. The van der Waals surface area contributed by atoms with Gasteiger partial charge in [-0.15, -0.1) is 0 Å². The number of ether oxygens (including phenoxy) is 1. The molecular weight excluding hydrogens is 422 g/mol. The van der Waals surface area contributed by atoms with E-state index >= 15 is 0 Å². The smallest absolute Gasteiger partial charge is 0.407 e. The maximum atomic E-state index is 11.9. The highest BCUT2D eigenvalue weighted by Gasteiger charge is 2.40. The molecule has 170 valence electrons. The van der Waals surface area contributed by atoms with Crippen molar-refractivity contribution in [2.75, 3.05) is 6.54 Å². The van der Waals surface area contributed by atoms with Crippen LogP contribution in [0.5, 0.6) is 5.88 Å². The number of aryl methyl sites for hydroxylation is 2. The van der Waals surface area contributed by atoms with Crippen molar-refractivity contribution in [3.05, 3.63) is 54.1 Å². The SMILES string of the molecule is CCn1ncc(-c2nc3c(OC4CCN(C(=O)O)C4c4ccccc4)ncnc3n2C)c1C. The van der Waals surface area contributed by atoms with Gasteiger partial charge in [0.2, 0.25) is 5.88 Å².